The molecule has 1 aliphatic heterocycles. The van der Waals surface area contributed by atoms with E-state index in [4.69, 9.17) is 4.74 Å². The Balaban J connectivity index is 1.41. The van der Waals surface area contributed by atoms with Gasteiger partial charge >= 0.3 is 0 Å². The summed E-state index contributed by atoms with van der Waals surface area (Å²) >= 11 is 0. The average Bonchev–Trinajstić information content (AvgIpc) is 3.04. The van der Waals surface area contributed by atoms with E-state index < -0.39 is 0 Å². The predicted molar refractivity (Wildman–Crippen MR) is 206 cm³/mol. The molecule has 0 spiro atoms. The van der Waals surface area contributed by atoms with Gasteiger partial charge in [-0.3, -0.25) is 0 Å². The molecule has 48 heavy (non-hydrogen) atoms. The summed E-state index contributed by atoms with van der Waals surface area (Å²) in [7, 11) is 0. The summed E-state index contributed by atoms with van der Waals surface area (Å²) in [6.45, 7) is 20.7. The molecule has 6 aromatic carbocycles. The molecule has 0 bridgehead atoms. The molecule has 0 aliphatic carbocycles. The van der Waals surface area contributed by atoms with Crippen LogP contribution < -0.4 is 10.1 Å². The van der Waals surface area contributed by atoms with Crippen LogP contribution in [0.3, 0.4) is 0 Å². The van der Waals surface area contributed by atoms with Crippen molar-refractivity contribution in [3.63, 3.8) is 0 Å². The van der Waals surface area contributed by atoms with E-state index >= 15 is 0 Å². The number of fused-ring (bicyclic) bond motifs is 2. The summed E-state index contributed by atoms with van der Waals surface area (Å²) in [5.74, 6) is 1.80. The third-order valence-electron chi connectivity index (χ3n) is 9.72. The van der Waals surface area contributed by atoms with Crippen LogP contribution in [0.1, 0.15) is 79.0 Å². The SMILES string of the molecule is CC(C)(C)c1ccc(-c2cccc(Nc3ccc4c(c3)-c3cccc5cccc(c35)O4)c2-c2cc(C(C)(C)C)cc(C(C)(C)C)c2)cc1. The van der Waals surface area contributed by atoms with E-state index in [1.54, 1.807) is 0 Å². The molecule has 6 aromatic rings. The quantitative estimate of drug-likeness (QED) is 0.209. The molecule has 7 rings (SSSR count). The third-order valence-corrected chi connectivity index (χ3v) is 9.72. The summed E-state index contributed by atoms with van der Waals surface area (Å²) in [6.07, 6.45) is 0. The highest BCUT2D eigenvalue weighted by Gasteiger charge is 2.24. The minimum absolute atomic E-state index is 0.00268. The molecule has 0 fully saturated rings. The monoisotopic (exact) mass is 629 g/mol. The Morgan fingerprint density at radius 3 is 1.71 bits per heavy atom. The largest absolute Gasteiger partial charge is 0.456 e. The summed E-state index contributed by atoms with van der Waals surface area (Å²) in [5, 5.41) is 6.24. The van der Waals surface area contributed by atoms with Gasteiger partial charge in [-0.15, -0.1) is 0 Å². The molecule has 1 N–H and O–H groups in total. The zero-order valence-electron chi connectivity index (χ0n) is 29.9. The van der Waals surface area contributed by atoms with E-state index in [1.807, 2.05) is 0 Å². The topological polar surface area (TPSA) is 21.3 Å². The Hall–Kier alpha value is -4.82. The van der Waals surface area contributed by atoms with Gasteiger partial charge in [-0.25, -0.2) is 0 Å². The van der Waals surface area contributed by atoms with Gasteiger partial charge in [0.25, 0.3) is 0 Å². The van der Waals surface area contributed by atoms with E-state index in [0.29, 0.717) is 0 Å². The lowest BCUT2D eigenvalue weighted by Gasteiger charge is -2.27. The van der Waals surface area contributed by atoms with Crippen LogP contribution in [-0.4, -0.2) is 0 Å². The number of hydrogen-bond acceptors (Lipinski definition) is 2. The van der Waals surface area contributed by atoms with Crippen molar-refractivity contribution in [2.24, 2.45) is 0 Å². The Bertz CT molecular complexity index is 2130. The van der Waals surface area contributed by atoms with Crippen molar-refractivity contribution in [3.8, 4) is 44.9 Å². The Kier molecular flexibility index (Phi) is 7.55. The number of nitrogens with one attached hydrogen (secondary N) is 1. The Morgan fingerprint density at radius 1 is 0.458 bits per heavy atom. The smallest absolute Gasteiger partial charge is 0.135 e. The summed E-state index contributed by atoms with van der Waals surface area (Å²) < 4.78 is 6.42. The van der Waals surface area contributed by atoms with Gasteiger partial charge < -0.3 is 10.1 Å². The average molecular weight is 630 g/mol. The number of rotatable bonds is 4. The van der Waals surface area contributed by atoms with Crippen LogP contribution in [-0.2, 0) is 16.2 Å². The van der Waals surface area contributed by atoms with Gasteiger partial charge in [0.15, 0.2) is 0 Å². The highest BCUT2D eigenvalue weighted by atomic mass is 16.5. The maximum atomic E-state index is 6.42. The molecule has 0 saturated heterocycles. The molecule has 0 unspecified atom stereocenters. The zero-order valence-corrected chi connectivity index (χ0v) is 29.9. The first-order valence-electron chi connectivity index (χ1n) is 17.2. The van der Waals surface area contributed by atoms with Gasteiger partial charge in [0, 0.05) is 27.9 Å². The van der Waals surface area contributed by atoms with E-state index in [1.165, 1.54) is 55.3 Å². The number of benzene rings is 6. The van der Waals surface area contributed by atoms with Gasteiger partial charge in [-0.05, 0) is 90.9 Å². The molecule has 0 aromatic heterocycles. The van der Waals surface area contributed by atoms with Crippen molar-refractivity contribution in [2.45, 2.75) is 78.6 Å². The lowest BCUT2D eigenvalue weighted by molar-refractivity contribution is 0.487. The molecule has 0 amide bonds. The first-order valence-corrected chi connectivity index (χ1v) is 17.2. The second-order valence-electron chi connectivity index (χ2n) is 16.5. The minimum atomic E-state index is 0.00268. The standard InChI is InChI=1S/C46H47NO/c1-44(2,3)32-21-19-29(20-22-32)36-15-12-17-39(42(36)31-25-33(45(4,5)6)27-34(26-31)46(7,8)9)47-35-23-24-40-38(28-35)37-16-10-13-30-14-11-18-41(48-40)43(30)37/h10-28,47H,1-9H3. The molecule has 0 radical (unpaired) electrons. The maximum Gasteiger partial charge on any atom is 0.135 e. The molecule has 1 heterocycles. The lowest BCUT2D eigenvalue weighted by atomic mass is 9.78. The van der Waals surface area contributed by atoms with Crippen LogP contribution in [0.2, 0.25) is 0 Å². The fourth-order valence-electron chi connectivity index (χ4n) is 6.79. The summed E-state index contributed by atoms with van der Waals surface area (Å²) in [6, 6.07) is 42.3. The van der Waals surface area contributed by atoms with Crippen molar-refractivity contribution >= 4 is 22.1 Å². The molecular weight excluding hydrogens is 583 g/mol. The highest BCUT2D eigenvalue weighted by Crippen LogP contribution is 2.48. The molecule has 242 valence electrons. The second-order valence-corrected chi connectivity index (χ2v) is 16.5. The highest BCUT2D eigenvalue weighted by molar-refractivity contribution is 6.04. The van der Waals surface area contributed by atoms with Crippen molar-refractivity contribution in [1.82, 2.24) is 0 Å². The summed E-state index contributed by atoms with van der Waals surface area (Å²) in [5.41, 5.74) is 13.4. The van der Waals surface area contributed by atoms with Crippen molar-refractivity contribution in [1.29, 1.82) is 0 Å². The van der Waals surface area contributed by atoms with Gasteiger partial charge in [0.1, 0.15) is 11.5 Å². The number of anilines is 2. The summed E-state index contributed by atoms with van der Waals surface area (Å²) in [4.78, 5) is 0. The lowest BCUT2D eigenvalue weighted by Crippen LogP contribution is -2.16. The van der Waals surface area contributed by atoms with Crippen molar-refractivity contribution < 1.29 is 4.74 Å². The fourth-order valence-corrected chi connectivity index (χ4v) is 6.79. The van der Waals surface area contributed by atoms with Gasteiger partial charge in [0.05, 0.1) is 0 Å². The molecule has 0 saturated carbocycles. The van der Waals surface area contributed by atoms with E-state index in [2.05, 4.69) is 183 Å². The first-order chi connectivity index (χ1) is 22.7. The molecule has 0 atom stereocenters. The predicted octanol–water partition coefficient (Wildman–Crippen LogP) is 13.6. The van der Waals surface area contributed by atoms with Crippen LogP contribution in [0.15, 0.2) is 115 Å². The van der Waals surface area contributed by atoms with E-state index in [-0.39, 0.29) is 16.2 Å². The zero-order chi connectivity index (χ0) is 34.0. The second kappa shape index (κ2) is 11.4. The number of ether oxygens (including phenoxy) is 1. The van der Waals surface area contributed by atoms with E-state index in [9.17, 15) is 0 Å². The van der Waals surface area contributed by atoms with Gasteiger partial charge in [0.2, 0.25) is 0 Å². The van der Waals surface area contributed by atoms with Gasteiger partial charge in [-0.2, -0.15) is 0 Å². The first kappa shape index (κ1) is 31.8. The van der Waals surface area contributed by atoms with Crippen LogP contribution in [0.4, 0.5) is 11.4 Å². The Labute approximate surface area is 286 Å². The number of hydrogen-bond donors (Lipinski definition) is 1. The van der Waals surface area contributed by atoms with Crippen molar-refractivity contribution in [3.05, 3.63) is 132 Å². The molecular formula is C46H47NO. The molecule has 1 aliphatic rings. The Morgan fingerprint density at radius 2 is 1.06 bits per heavy atom. The van der Waals surface area contributed by atoms with Crippen LogP contribution in [0.25, 0.3) is 44.2 Å². The van der Waals surface area contributed by atoms with Crippen LogP contribution in [0.5, 0.6) is 11.5 Å². The van der Waals surface area contributed by atoms with Gasteiger partial charge in [-0.1, -0.05) is 147 Å². The van der Waals surface area contributed by atoms with E-state index in [0.717, 1.165) is 28.4 Å². The van der Waals surface area contributed by atoms with Crippen LogP contribution >= 0.6 is 0 Å². The third kappa shape index (κ3) is 5.90. The maximum absolute atomic E-state index is 6.42. The van der Waals surface area contributed by atoms with Crippen molar-refractivity contribution in [2.75, 3.05) is 5.32 Å². The minimum Gasteiger partial charge on any atom is -0.456 e. The normalized spacial score (nSPS) is 12.9. The van der Waals surface area contributed by atoms with Crippen LogP contribution in [0, 0.1) is 0 Å². The fraction of sp³-hybridized carbons (Fsp3) is 0.261. The molecule has 2 nitrogen and oxygen atoms in total. The molecule has 2 heteroatoms.